The number of hydrogen-bond acceptors (Lipinski definition) is 3. The van der Waals surface area contributed by atoms with Gasteiger partial charge in [0.15, 0.2) is 0 Å². The molecule has 29 heavy (non-hydrogen) atoms. The van der Waals surface area contributed by atoms with Crippen LogP contribution in [0.2, 0.25) is 10.0 Å². The van der Waals surface area contributed by atoms with Gasteiger partial charge in [-0.05, 0) is 42.0 Å². The molecule has 0 atom stereocenters. The molecule has 5 nitrogen and oxygen atoms in total. The lowest BCUT2D eigenvalue weighted by Gasteiger charge is -2.35. The van der Waals surface area contributed by atoms with Crippen molar-refractivity contribution in [3.63, 3.8) is 0 Å². The predicted octanol–water partition coefficient (Wildman–Crippen LogP) is 3.55. The zero-order valence-electron chi connectivity index (χ0n) is 16.1. The molecule has 1 aliphatic rings. The van der Waals surface area contributed by atoms with Gasteiger partial charge in [-0.1, -0.05) is 29.3 Å². The molecule has 0 aromatic heterocycles. The third kappa shape index (κ3) is 5.69. The van der Waals surface area contributed by atoms with Gasteiger partial charge in [0.2, 0.25) is 5.91 Å². The number of carbonyl (C=O) groups excluding carboxylic acids is 2. The molecule has 0 saturated carbocycles. The highest BCUT2D eigenvalue weighted by Crippen LogP contribution is 2.23. The molecule has 0 aliphatic carbocycles. The first-order valence-electron chi connectivity index (χ1n) is 9.28. The number of nitrogens with zero attached hydrogens (tertiary/aromatic N) is 3. The van der Waals surface area contributed by atoms with Crippen LogP contribution in [-0.2, 0) is 11.3 Å². The summed E-state index contributed by atoms with van der Waals surface area (Å²) in [6.07, 6.45) is 0. The highest BCUT2D eigenvalue weighted by molar-refractivity contribution is 6.42. The Hall–Kier alpha value is -2.15. The third-order valence-electron chi connectivity index (χ3n) is 4.94. The van der Waals surface area contributed by atoms with E-state index >= 15 is 0 Å². The topological polar surface area (TPSA) is 43.9 Å². The molecule has 0 unspecified atom stereocenters. The fourth-order valence-electron chi connectivity index (χ4n) is 3.20. The van der Waals surface area contributed by atoms with E-state index in [0.717, 1.165) is 5.56 Å². The molecule has 1 heterocycles. The van der Waals surface area contributed by atoms with Gasteiger partial charge >= 0.3 is 0 Å². The minimum Gasteiger partial charge on any atom is -0.340 e. The van der Waals surface area contributed by atoms with Crippen LogP contribution in [0.5, 0.6) is 0 Å². The van der Waals surface area contributed by atoms with Gasteiger partial charge < -0.3 is 9.80 Å². The second-order valence-corrected chi connectivity index (χ2v) is 7.89. The molecule has 2 aromatic carbocycles. The van der Waals surface area contributed by atoms with Gasteiger partial charge in [0.05, 0.1) is 16.6 Å². The molecular formula is C21H22Cl2FN3O2. The fraction of sp³-hybridized carbons (Fsp3) is 0.333. The summed E-state index contributed by atoms with van der Waals surface area (Å²) >= 11 is 12.0. The number of hydrogen-bond donors (Lipinski definition) is 0. The van der Waals surface area contributed by atoms with Crippen LogP contribution < -0.4 is 0 Å². The summed E-state index contributed by atoms with van der Waals surface area (Å²) in [4.78, 5) is 30.4. The maximum atomic E-state index is 13.0. The zero-order chi connectivity index (χ0) is 21.0. The average molecular weight is 438 g/mol. The van der Waals surface area contributed by atoms with Crippen molar-refractivity contribution in [3.05, 3.63) is 69.5 Å². The molecule has 154 valence electrons. The Bertz CT molecular complexity index is 884. The molecule has 0 radical (unpaired) electrons. The van der Waals surface area contributed by atoms with Crippen molar-refractivity contribution in [1.82, 2.24) is 14.7 Å². The normalized spacial score (nSPS) is 14.7. The van der Waals surface area contributed by atoms with Crippen LogP contribution in [0.4, 0.5) is 4.39 Å². The molecule has 2 amide bonds. The number of halogens is 3. The first kappa shape index (κ1) is 21.6. The molecule has 0 spiro atoms. The SMILES string of the molecule is CN(Cc1ccc(Cl)c(Cl)c1)C(=O)CN1CCN(C(=O)c2ccc(F)cc2)CC1. The summed E-state index contributed by atoms with van der Waals surface area (Å²) in [6, 6.07) is 10.9. The van der Waals surface area contributed by atoms with Crippen molar-refractivity contribution in [2.45, 2.75) is 6.54 Å². The third-order valence-corrected chi connectivity index (χ3v) is 5.68. The van der Waals surface area contributed by atoms with Gasteiger partial charge in [0.1, 0.15) is 5.82 Å². The van der Waals surface area contributed by atoms with Crippen molar-refractivity contribution in [2.75, 3.05) is 39.8 Å². The minimum atomic E-state index is -0.366. The summed E-state index contributed by atoms with van der Waals surface area (Å²) in [7, 11) is 1.75. The van der Waals surface area contributed by atoms with E-state index in [0.29, 0.717) is 48.3 Å². The molecule has 2 aromatic rings. The average Bonchev–Trinajstić information content (AvgIpc) is 2.71. The number of piperazine rings is 1. The van der Waals surface area contributed by atoms with E-state index in [1.54, 1.807) is 29.0 Å². The van der Waals surface area contributed by atoms with Crippen molar-refractivity contribution in [2.24, 2.45) is 0 Å². The van der Waals surface area contributed by atoms with Crippen LogP contribution in [-0.4, -0.2) is 66.3 Å². The lowest BCUT2D eigenvalue weighted by Crippen LogP contribution is -2.51. The maximum Gasteiger partial charge on any atom is 0.253 e. The van der Waals surface area contributed by atoms with Crippen LogP contribution in [0.1, 0.15) is 15.9 Å². The Labute approximate surface area is 179 Å². The number of amides is 2. The van der Waals surface area contributed by atoms with Crippen molar-refractivity contribution in [3.8, 4) is 0 Å². The smallest absolute Gasteiger partial charge is 0.253 e. The molecular weight excluding hydrogens is 416 g/mol. The van der Waals surface area contributed by atoms with Crippen LogP contribution in [0.25, 0.3) is 0 Å². The number of benzene rings is 2. The van der Waals surface area contributed by atoms with Crippen molar-refractivity contribution < 1.29 is 14.0 Å². The lowest BCUT2D eigenvalue weighted by molar-refractivity contribution is -0.132. The fourth-order valence-corrected chi connectivity index (χ4v) is 3.52. The van der Waals surface area contributed by atoms with E-state index in [1.165, 1.54) is 24.3 Å². The Kier molecular flexibility index (Phi) is 7.11. The molecule has 1 fully saturated rings. The molecule has 8 heteroatoms. The Morgan fingerprint density at radius 3 is 2.28 bits per heavy atom. The molecule has 0 bridgehead atoms. The highest BCUT2D eigenvalue weighted by atomic mass is 35.5. The quantitative estimate of drug-likeness (QED) is 0.718. The van der Waals surface area contributed by atoms with Crippen molar-refractivity contribution >= 4 is 35.0 Å². The van der Waals surface area contributed by atoms with E-state index in [2.05, 4.69) is 0 Å². The number of carbonyl (C=O) groups is 2. The van der Waals surface area contributed by atoms with Crippen LogP contribution in [0.15, 0.2) is 42.5 Å². The van der Waals surface area contributed by atoms with Crippen molar-refractivity contribution in [1.29, 1.82) is 0 Å². The number of likely N-dealkylation sites (N-methyl/N-ethyl adjacent to an activating group) is 1. The second-order valence-electron chi connectivity index (χ2n) is 7.07. The summed E-state index contributed by atoms with van der Waals surface area (Å²) < 4.78 is 13.0. The second kappa shape index (κ2) is 9.57. The number of rotatable bonds is 5. The van der Waals surface area contributed by atoms with Crippen LogP contribution in [0, 0.1) is 5.82 Å². The maximum absolute atomic E-state index is 13.0. The van der Waals surface area contributed by atoms with E-state index < -0.39 is 0 Å². The molecule has 0 N–H and O–H groups in total. The van der Waals surface area contributed by atoms with E-state index in [-0.39, 0.29) is 24.2 Å². The Morgan fingerprint density at radius 1 is 1.00 bits per heavy atom. The molecule has 3 rings (SSSR count). The summed E-state index contributed by atoms with van der Waals surface area (Å²) in [5, 5.41) is 0.949. The summed E-state index contributed by atoms with van der Waals surface area (Å²) in [6.45, 7) is 3.01. The van der Waals surface area contributed by atoms with Gasteiger partial charge in [-0.25, -0.2) is 4.39 Å². The first-order chi connectivity index (χ1) is 13.8. The zero-order valence-corrected chi connectivity index (χ0v) is 17.6. The largest absolute Gasteiger partial charge is 0.340 e. The molecule has 1 aliphatic heterocycles. The molecule has 1 saturated heterocycles. The summed E-state index contributed by atoms with van der Waals surface area (Å²) in [5.41, 5.74) is 1.38. The van der Waals surface area contributed by atoms with E-state index in [4.69, 9.17) is 23.2 Å². The first-order valence-corrected chi connectivity index (χ1v) is 10.0. The Balaban J connectivity index is 1.48. The van der Waals surface area contributed by atoms with Crippen LogP contribution >= 0.6 is 23.2 Å². The van der Waals surface area contributed by atoms with Gasteiger partial charge in [-0.2, -0.15) is 0 Å². The van der Waals surface area contributed by atoms with Gasteiger partial charge in [-0.15, -0.1) is 0 Å². The van der Waals surface area contributed by atoms with E-state index in [1.807, 2.05) is 11.0 Å². The predicted molar refractivity (Wildman–Crippen MR) is 112 cm³/mol. The summed E-state index contributed by atoms with van der Waals surface area (Å²) in [5.74, 6) is -0.489. The monoisotopic (exact) mass is 437 g/mol. The van der Waals surface area contributed by atoms with Crippen LogP contribution in [0.3, 0.4) is 0 Å². The van der Waals surface area contributed by atoms with E-state index in [9.17, 15) is 14.0 Å². The van der Waals surface area contributed by atoms with Gasteiger partial charge in [-0.3, -0.25) is 14.5 Å². The Morgan fingerprint density at radius 2 is 1.66 bits per heavy atom. The van der Waals surface area contributed by atoms with Gasteiger partial charge in [0.25, 0.3) is 5.91 Å². The van der Waals surface area contributed by atoms with Gasteiger partial charge in [0, 0.05) is 45.3 Å². The lowest BCUT2D eigenvalue weighted by atomic mass is 10.1. The minimum absolute atomic E-state index is 0.00520. The highest BCUT2D eigenvalue weighted by Gasteiger charge is 2.24. The standard InChI is InChI=1S/C21H22Cl2FN3O2/c1-25(13-15-2-7-18(22)19(23)12-15)20(28)14-26-8-10-27(11-9-26)21(29)16-3-5-17(24)6-4-16/h2-7,12H,8-11,13-14H2,1H3.